The van der Waals surface area contributed by atoms with E-state index in [4.69, 9.17) is 9.10 Å². The van der Waals surface area contributed by atoms with Crippen molar-refractivity contribution in [2.45, 2.75) is 33.5 Å². The number of nitrogens with zero attached hydrogens (tertiary/aromatic N) is 2. The molecule has 30 heavy (non-hydrogen) atoms. The van der Waals surface area contributed by atoms with Gasteiger partial charge in [0.1, 0.15) is 7.05 Å². The van der Waals surface area contributed by atoms with Crippen molar-refractivity contribution in [1.82, 2.24) is 4.98 Å². The number of pyridine rings is 2. The Kier molecular flexibility index (Phi) is 2.99. The molecule has 0 N–H and O–H groups in total. The molecule has 0 saturated heterocycles. The molecule has 2 heterocycles. The maximum absolute atomic E-state index is 7.80. The van der Waals surface area contributed by atoms with Gasteiger partial charge in [0.05, 0.1) is 11.3 Å². The highest BCUT2D eigenvalue weighted by Crippen LogP contribution is 2.53. The van der Waals surface area contributed by atoms with Crippen LogP contribution in [0.1, 0.15) is 43.3 Å². The van der Waals surface area contributed by atoms with Gasteiger partial charge in [-0.15, -0.1) is 0 Å². The average Bonchev–Trinajstić information content (AvgIpc) is 3.32. The predicted molar refractivity (Wildman–Crippen MR) is 122 cm³/mol. The highest BCUT2D eigenvalue weighted by atomic mass is 14.9. The lowest BCUT2D eigenvalue weighted by atomic mass is 9.85. The zero-order chi connectivity index (χ0) is 23.1. The zero-order valence-corrected chi connectivity index (χ0v) is 17.5. The first-order chi connectivity index (χ1) is 15.7. The minimum Gasteiger partial charge on any atom is -0.257 e. The Bertz CT molecular complexity index is 1480. The second-order valence-electron chi connectivity index (χ2n) is 8.58. The van der Waals surface area contributed by atoms with Crippen LogP contribution in [0.25, 0.3) is 33.5 Å². The number of fused-ring (bicyclic) bond motifs is 7. The van der Waals surface area contributed by atoms with Crippen molar-refractivity contribution >= 4 is 0 Å². The first-order valence-corrected chi connectivity index (χ1v) is 10.5. The molecule has 4 aromatic rings. The normalized spacial score (nSPS) is 15.0. The fourth-order valence-electron chi connectivity index (χ4n) is 5.45. The van der Waals surface area contributed by atoms with Gasteiger partial charge in [0.2, 0.25) is 5.69 Å². The van der Waals surface area contributed by atoms with Crippen molar-refractivity contribution in [2.75, 3.05) is 0 Å². The summed E-state index contributed by atoms with van der Waals surface area (Å²) in [6.45, 7) is 2.15. The second kappa shape index (κ2) is 6.12. The van der Waals surface area contributed by atoms with Gasteiger partial charge in [-0.25, -0.2) is 4.57 Å². The molecule has 0 aliphatic heterocycles. The van der Waals surface area contributed by atoms with Crippen LogP contribution in [0.2, 0.25) is 0 Å². The van der Waals surface area contributed by atoms with E-state index in [-0.39, 0.29) is 0 Å². The molecule has 0 radical (unpaired) electrons. The molecule has 2 aromatic carbocycles. The largest absolute Gasteiger partial charge is 0.257 e. The molecule has 0 saturated carbocycles. The third kappa shape index (κ3) is 2.31. The van der Waals surface area contributed by atoms with E-state index in [9.17, 15) is 0 Å². The lowest BCUT2D eigenvalue weighted by molar-refractivity contribution is -0.660. The molecule has 2 aliphatic rings. The van der Waals surface area contributed by atoms with Gasteiger partial charge in [-0.05, 0) is 78.2 Å². The first kappa shape index (κ1) is 14.7. The topological polar surface area (TPSA) is 16.8 Å². The van der Waals surface area contributed by atoms with Gasteiger partial charge in [0, 0.05) is 33.4 Å². The number of hydrogen-bond donors (Lipinski definition) is 0. The minimum absolute atomic E-state index is 0.359. The van der Waals surface area contributed by atoms with Crippen molar-refractivity contribution in [1.29, 1.82) is 0 Å². The number of aromatic nitrogens is 2. The van der Waals surface area contributed by atoms with Gasteiger partial charge < -0.3 is 0 Å². The first-order valence-electron chi connectivity index (χ1n) is 12.0. The van der Waals surface area contributed by atoms with Gasteiger partial charge in [0.25, 0.3) is 0 Å². The van der Waals surface area contributed by atoms with E-state index in [1.807, 2.05) is 24.6 Å². The molecule has 2 aromatic heterocycles. The number of benzene rings is 2. The number of hydrogen-bond acceptors (Lipinski definition) is 1. The van der Waals surface area contributed by atoms with Crippen molar-refractivity contribution in [2.24, 2.45) is 7.05 Å². The Balaban J connectivity index is 1.68. The van der Waals surface area contributed by atoms with Crippen LogP contribution in [-0.2, 0) is 19.9 Å². The van der Waals surface area contributed by atoms with Crippen LogP contribution in [0, 0.1) is 20.7 Å². The van der Waals surface area contributed by atoms with Crippen molar-refractivity contribution in [3.8, 4) is 33.5 Å². The predicted octanol–water partition coefficient (Wildman–Crippen LogP) is 5.64. The highest BCUT2D eigenvalue weighted by Gasteiger charge is 2.35. The standard InChI is InChI=1S/C28H25N2/c1-16-9-12-25(30(4)15-16)26-18(3)22-13-19-7-5-6-8-20(19)27(22)28-21-11-10-17(2)29-24(21)14-23(26)28/h5-12,15H,13-14H2,1-4H3/q+1/i1D3. The van der Waals surface area contributed by atoms with Crippen molar-refractivity contribution in [3.63, 3.8) is 0 Å². The Morgan fingerprint density at radius 2 is 1.70 bits per heavy atom. The fraction of sp³-hybridized carbons (Fsp3) is 0.214. The summed E-state index contributed by atoms with van der Waals surface area (Å²) in [6, 6.07) is 16.8. The van der Waals surface area contributed by atoms with Crippen LogP contribution < -0.4 is 4.57 Å². The molecular weight excluding hydrogens is 364 g/mol. The number of rotatable bonds is 1. The van der Waals surface area contributed by atoms with Crippen LogP contribution in [0.3, 0.4) is 0 Å². The van der Waals surface area contributed by atoms with Crippen LogP contribution >= 0.6 is 0 Å². The maximum atomic E-state index is 7.80. The zero-order valence-electron chi connectivity index (χ0n) is 20.5. The van der Waals surface area contributed by atoms with E-state index in [0.29, 0.717) is 5.56 Å². The summed E-state index contributed by atoms with van der Waals surface area (Å²) in [5, 5.41) is 0. The molecule has 0 spiro atoms. The lowest BCUT2D eigenvalue weighted by Crippen LogP contribution is -2.31. The molecule has 0 atom stereocenters. The molecule has 2 aliphatic carbocycles. The Labute approximate surface area is 182 Å². The summed E-state index contributed by atoms with van der Waals surface area (Å²) in [5.74, 6) is 0. The van der Waals surface area contributed by atoms with E-state index >= 15 is 0 Å². The molecule has 0 unspecified atom stereocenters. The minimum atomic E-state index is -2.12. The third-order valence-electron chi connectivity index (χ3n) is 6.75. The van der Waals surface area contributed by atoms with Crippen LogP contribution in [0.15, 0.2) is 54.7 Å². The molecule has 0 bridgehead atoms. The quantitative estimate of drug-likeness (QED) is 0.331. The molecule has 0 fully saturated rings. The summed E-state index contributed by atoms with van der Waals surface area (Å²) < 4.78 is 25.4. The summed E-state index contributed by atoms with van der Waals surface area (Å²) >= 11 is 0. The molecular formula is C28H25N2+. The summed E-state index contributed by atoms with van der Waals surface area (Å²) in [6.07, 6.45) is 3.46. The smallest absolute Gasteiger partial charge is 0.212 e. The third-order valence-corrected chi connectivity index (χ3v) is 6.75. The Morgan fingerprint density at radius 3 is 2.53 bits per heavy atom. The maximum Gasteiger partial charge on any atom is 0.212 e. The van der Waals surface area contributed by atoms with Gasteiger partial charge >= 0.3 is 0 Å². The summed E-state index contributed by atoms with van der Waals surface area (Å²) in [4.78, 5) is 4.90. The van der Waals surface area contributed by atoms with Gasteiger partial charge in [0.15, 0.2) is 6.20 Å². The lowest BCUT2D eigenvalue weighted by Gasteiger charge is -2.18. The summed E-state index contributed by atoms with van der Waals surface area (Å²) in [5.41, 5.74) is 15.3. The molecule has 146 valence electrons. The van der Waals surface area contributed by atoms with Gasteiger partial charge in [-0.3, -0.25) is 4.98 Å². The highest BCUT2D eigenvalue weighted by molar-refractivity contribution is 5.99. The van der Waals surface area contributed by atoms with Gasteiger partial charge in [-0.1, -0.05) is 30.3 Å². The van der Waals surface area contributed by atoms with Crippen LogP contribution in [0.4, 0.5) is 0 Å². The molecule has 2 heteroatoms. The van der Waals surface area contributed by atoms with Crippen molar-refractivity contribution in [3.05, 3.63) is 93.9 Å². The second-order valence-corrected chi connectivity index (χ2v) is 8.58. The fourth-order valence-corrected chi connectivity index (χ4v) is 5.45. The average molecular weight is 393 g/mol. The Morgan fingerprint density at radius 1 is 0.867 bits per heavy atom. The monoisotopic (exact) mass is 392 g/mol. The van der Waals surface area contributed by atoms with Crippen molar-refractivity contribution < 1.29 is 8.68 Å². The van der Waals surface area contributed by atoms with E-state index in [1.54, 1.807) is 12.3 Å². The molecule has 6 rings (SSSR count). The summed E-state index contributed by atoms with van der Waals surface area (Å²) in [7, 11) is 1.95. The van der Waals surface area contributed by atoms with Crippen LogP contribution in [-0.4, -0.2) is 4.98 Å². The Hall–Kier alpha value is -3.26. The van der Waals surface area contributed by atoms with E-state index in [2.05, 4.69) is 43.3 Å². The van der Waals surface area contributed by atoms with E-state index in [1.165, 1.54) is 50.1 Å². The van der Waals surface area contributed by atoms with E-state index < -0.39 is 6.85 Å². The van der Waals surface area contributed by atoms with Gasteiger partial charge in [-0.2, -0.15) is 0 Å². The molecule has 0 amide bonds. The van der Waals surface area contributed by atoms with E-state index in [0.717, 1.165) is 29.9 Å². The number of aryl methyl sites for hydroxylation is 3. The molecule has 2 nitrogen and oxygen atoms in total. The van der Waals surface area contributed by atoms with Crippen LogP contribution in [0.5, 0.6) is 0 Å². The SMILES string of the molecule is [2H]C([2H])([2H])c1ccc(-c2c(C)c3c(c4c2Cc2nc(C)ccc2-4)-c2ccccc2C3)[n+](C)c1.